The second-order valence-electron chi connectivity index (χ2n) is 5.28. The van der Waals surface area contributed by atoms with Crippen LogP contribution in [0.2, 0.25) is 0 Å². The van der Waals surface area contributed by atoms with Gasteiger partial charge in [-0.15, -0.1) is 12.4 Å². The molecule has 3 aromatic rings. The Kier molecular flexibility index (Phi) is 4.20. The van der Waals surface area contributed by atoms with Gasteiger partial charge in [0.15, 0.2) is 5.82 Å². The second kappa shape index (κ2) is 6.27. The fraction of sp³-hybridized carbons (Fsp3) is 0.333. The van der Waals surface area contributed by atoms with Gasteiger partial charge in [-0.05, 0) is 25.3 Å². The molecule has 1 aliphatic rings. The molecule has 0 bridgehead atoms. The summed E-state index contributed by atoms with van der Waals surface area (Å²) in [5.74, 6) is 0.995. The van der Waals surface area contributed by atoms with Crippen molar-refractivity contribution in [3.05, 3.63) is 31.0 Å². The van der Waals surface area contributed by atoms with E-state index in [1.54, 1.807) is 24.9 Å². The lowest BCUT2D eigenvalue weighted by molar-refractivity contribution is 0.574. The normalized spacial score (nSPS) is 14.8. The van der Waals surface area contributed by atoms with Gasteiger partial charge in [0.25, 0.3) is 0 Å². The van der Waals surface area contributed by atoms with Gasteiger partial charge in [-0.1, -0.05) is 0 Å². The van der Waals surface area contributed by atoms with Crippen molar-refractivity contribution >= 4 is 29.3 Å². The zero-order valence-electron chi connectivity index (χ0n) is 12.1. The van der Waals surface area contributed by atoms with Crippen LogP contribution in [-0.4, -0.2) is 38.0 Å². The quantitative estimate of drug-likeness (QED) is 0.787. The zero-order chi connectivity index (χ0) is 14.1. The number of aromatic amines is 1. The number of H-pyrrole nitrogens is 1. The maximum absolute atomic E-state index is 4.49. The van der Waals surface area contributed by atoms with E-state index in [-0.39, 0.29) is 12.4 Å². The van der Waals surface area contributed by atoms with E-state index in [2.05, 4.69) is 29.8 Å². The van der Waals surface area contributed by atoms with Crippen LogP contribution < -0.4 is 4.90 Å². The lowest BCUT2D eigenvalue weighted by atomic mass is 10.1. The number of hydrogen-bond donors (Lipinski definition) is 1. The van der Waals surface area contributed by atoms with E-state index >= 15 is 0 Å². The number of anilines is 1. The molecule has 6 nitrogen and oxygen atoms in total. The minimum absolute atomic E-state index is 0. The molecule has 1 fully saturated rings. The molecule has 4 rings (SSSR count). The molecule has 1 N–H and O–H groups in total. The fourth-order valence-corrected chi connectivity index (χ4v) is 2.85. The number of rotatable bonds is 2. The highest BCUT2D eigenvalue weighted by Gasteiger charge is 2.17. The Morgan fingerprint density at radius 1 is 1.00 bits per heavy atom. The van der Waals surface area contributed by atoms with E-state index in [0.29, 0.717) is 0 Å². The molecule has 0 atom stereocenters. The van der Waals surface area contributed by atoms with E-state index in [1.165, 1.54) is 19.3 Å². The molecular weight excluding hydrogens is 300 g/mol. The van der Waals surface area contributed by atoms with Crippen molar-refractivity contribution in [2.45, 2.75) is 19.3 Å². The summed E-state index contributed by atoms with van der Waals surface area (Å²) < 4.78 is 0. The van der Waals surface area contributed by atoms with Gasteiger partial charge in [0, 0.05) is 25.5 Å². The topological polar surface area (TPSA) is 70.6 Å². The number of piperidine rings is 1. The van der Waals surface area contributed by atoms with Gasteiger partial charge < -0.3 is 9.88 Å². The molecule has 0 aromatic carbocycles. The maximum atomic E-state index is 4.49. The van der Waals surface area contributed by atoms with Gasteiger partial charge >= 0.3 is 0 Å². The van der Waals surface area contributed by atoms with Crippen molar-refractivity contribution in [2.75, 3.05) is 18.0 Å². The molecule has 0 aliphatic carbocycles. The first-order valence-electron chi connectivity index (χ1n) is 7.27. The van der Waals surface area contributed by atoms with Gasteiger partial charge in [-0.25, -0.2) is 9.97 Å². The minimum Gasteiger partial charge on any atom is -0.355 e. The van der Waals surface area contributed by atoms with Crippen LogP contribution in [0.1, 0.15) is 19.3 Å². The molecule has 0 radical (unpaired) electrons. The molecule has 0 saturated carbocycles. The SMILES string of the molecule is Cl.c1cnc(-c2cc3ncnc(N4CCCCC4)c3[nH]2)cn1. The summed E-state index contributed by atoms with van der Waals surface area (Å²) in [5.41, 5.74) is 3.66. The van der Waals surface area contributed by atoms with Crippen molar-refractivity contribution in [1.82, 2.24) is 24.9 Å². The molecule has 4 heterocycles. The monoisotopic (exact) mass is 316 g/mol. The van der Waals surface area contributed by atoms with Gasteiger partial charge in [-0.3, -0.25) is 9.97 Å². The number of nitrogens with zero attached hydrogens (tertiary/aromatic N) is 5. The van der Waals surface area contributed by atoms with Crippen LogP contribution in [0.3, 0.4) is 0 Å². The lowest BCUT2D eigenvalue weighted by Gasteiger charge is -2.27. The first-order valence-corrected chi connectivity index (χ1v) is 7.27. The highest BCUT2D eigenvalue weighted by atomic mass is 35.5. The average Bonchev–Trinajstić information content (AvgIpc) is 3.00. The number of nitrogens with one attached hydrogen (secondary N) is 1. The molecule has 0 spiro atoms. The molecule has 114 valence electrons. The first-order chi connectivity index (χ1) is 10.4. The van der Waals surface area contributed by atoms with Crippen molar-refractivity contribution < 1.29 is 0 Å². The highest BCUT2D eigenvalue weighted by molar-refractivity contribution is 5.90. The van der Waals surface area contributed by atoms with E-state index < -0.39 is 0 Å². The van der Waals surface area contributed by atoms with Gasteiger partial charge in [0.2, 0.25) is 0 Å². The number of aromatic nitrogens is 5. The molecule has 22 heavy (non-hydrogen) atoms. The molecule has 0 unspecified atom stereocenters. The summed E-state index contributed by atoms with van der Waals surface area (Å²) in [6.45, 7) is 2.12. The Morgan fingerprint density at radius 2 is 1.86 bits per heavy atom. The van der Waals surface area contributed by atoms with E-state index in [0.717, 1.165) is 41.3 Å². The minimum atomic E-state index is 0. The van der Waals surface area contributed by atoms with E-state index in [9.17, 15) is 0 Å². The molecule has 7 heteroatoms. The standard InChI is InChI=1S/C15H16N6.ClH/c1-2-6-21(7-3-1)15-14-12(18-10-19-15)8-11(20-14)13-9-16-4-5-17-13;/h4-5,8-10,20H,1-3,6-7H2;1H. The predicted octanol–water partition coefficient (Wildman–Crippen LogP) is 2.83. The van der Waals surface area contributed by atoms with Crippen LogP contribution in [0.25, 0.3) is 22.4 Å². The van der Waals surface area contributed by atoms with Gasteiger partial charge in [0.1, 0.15) is 17.5 Å². The Hall–Kier alpha value is -2.21. The Labute approximate surface area is 134 Å². The van der Waals surface area contributed by atoms with Crippen LogP contribution in [0.15, 0.2) is 31.0 Å². The largest absolute Gasteiger partial charge is 0.355 e. The number of hydrogen-bond acceptors (Lipinski definition) is 5. The third-order valence-corrected chi connectivity index (χ3v) is 3.89. The van der Waals surface area contributed by atoms with Crippen molar-refractivity contribution in [2.24, 2.45) is 0 Å². The van der Waals surface area contributed by atoms with Crippen LogP contribution >= 0.6 is 12.4 Å². The average molecular weight is 317 g/mol. The van der Waals surface area contributed by atoms with Crippen molar-refractivity contribution in [3.8, 4) is 11.4 Å². The van der Waals surface area contributed by atoms with E-state index in [1.807, 2.05) is 6.07 Å². The molecule has 0 amide bonds. The first kappa shape index (κ1) is 14.7. The summed E-state index contributed by atoms with van der Waals surface area (Å²) in [6.07, 6.45) is 10.5. The fourth-order valence-electron chi connectivity index (χ4n) is 2.85. The number of fused-ring (bicyclic) bond motifs is 1. The zero-order valence-corrected chi connectivity index (χ0v) is 12.9. The summed E-state index contributed by atoms with van der Waals surface area (Å²) in [4.78, 5) is 23.0. The second-order valence-corrected chi connectivity index (χ2v) is 5.28. The third-order valence-electron chi connectivity index (χ3n) is 3.89. The van der Waals surface area contributed by atoms with Crippen LogP contribution in [-0.2, 0) is 0 Å². The summed E-state index contributed by atoms with van der Waals surface area (Å²) in [6, 6.07) is 2.01. The Morgan fingerprint density at radius 3 is 2.64 bits per heavy atom. The Bertz CT molecular complexity index is 751. The highest BCUT2D eigenvalue weighted by Crippen LogP contribution is 2.28. The molecule has 1 saturated heterocycles. The van der Waals surface area contributed by atoms with Gasteiger partial charge in [-0.2, -0.15) is 0 Å². The molecular formula is C15H17ClN6. The van der Waals surface area contributed by atoms with Gasteiger partial charge in [0.05, 0.1) is 17.4 Å². The predicted molar refractivity (Wildman–Crippen MR) is 88.2 cm³/mol. The smallest absolute Gasteiger partial charge is 0.156 e. The third kappa shape index (κ3) is 2.62. The van der Waals surface area contributed by atoms with Crippen molar-refractivity contribution in [1.29, 1.82) is 0 Å². The van der Waals surface area contributed by atoms with Crippen LogP contribution in [0.5, 0.6) is 0 Å². The van der Waals surface area contributed by atoms with Crippen LogP contribution in [0.4, 0.5) is 5.82 Å². The van der Waals surface area contributed by atoms with Crippen molar-refractivity contribution in [3.63, 3.8) is 0 Å². The molecule has 1 aliphatic heterocycles. The molecule has 3 aromatic heterocycles. The lowest BCUT2D eigenvalue weighted by Crippen LogP contribution is -2.30. The maximum Gasteiger partial charge on any atom is 0.156 e. The van der Waals surface area contributed by atoms with Crippen LogP contribution in [0, 0.1) is 0 Å². The van der Waals surface area contributed by atoms with E-state index in [4.69, 9.17) is 0 Å². The summed E-state index contributed by atoms with van der Waals surface area (Å²) >= 11 is 0. The summed E-state index contributed by atoms with van der Waals surface area (Å²) in [5, 5.41) is 0. The number of halogens is 1. The Balaban J connectivity index is 0.00000144. The summed E-state index contributed by atoms with van der Waals surface area (Å²) in [7, 11) is 0.